The summed E-state index contributed by atoms with van der Waals surface area (Å²) >= 11 is 1.18. The van der Waals surface area contributed by atoms with Crippen molar-refractivity contribution in [2.45, 2.75) is 32.7 Å². The highest BCUT2D eigenvalue weighted by Crippen LogP contribution is 2.27. The molecule has 1 saturated heterocycles. The Balaban J connectivity index is 2.03. The normalized spacial score (nSPS) is 17.7. The quantitative estimate of drug-likeness (QED) is 0.824. The van der Waals surface area contributed by atoms with Crippen LogP contribution in [-0.2, 0) is 14.3 Å². The van der Waals surface area contributed by atoms with Crippen molar-refractivity contribution in [3.63, 3.8) is 0 Å². The van der Waals surface area contributed by atoms with E-state index in [1.54, 1.807) is 19.9 Å². The molecule has 0 unspecified atom stereocenters. The van der Waals surface area contributed by atoms with Crippen LogP contribution in [0.15, 0.2) is 6.07 Å². The van der Waals surface area contributed by atoms with Crippen LogP contribution in [-0.4, -0.2) is 30.4 Å². The minimum atomic E-state index is -0.490. The minimum absolute atomic E-state index is 0.111. The topological polar surface area (TPSA) is 84.5 Å². The van der Waals surface area contributed by atoms with E-state index in [2.05, 4.69) is 10.6 Å². The van der Waals surface area contributed by atoms with Crippen LogP contribution in [0, 0.1) is 6.92 Å². The van der Waals surface area contributed by atoms with Crippen LogP contribution < -0.4 is 10.6 Å². The fourth-order valence-corrected chi connectivity index (χ4v) is 2.93. The summed E-state index contributed by atoms with van der Waals surface area (Å²) in [7, 11) is 0. The number of rotatable bonds is 4. The average Bonchev–Trinajstić information content (AvgIpc) is 2.96. The molecule has 108 valence electrons. The number of carbonyl (C=O) groups is 3. The fraction of sp³-hybridized carbons (Fsp3) is 0.462. The molecule has 0 radical (unpaired) electrons. The number of nitrogens with one attached hydrogen (secondary N) is 2. The Labute approximate surface area is 120 Å². The first-order chi connectivity index (χ1) is 9.51. The number of esters is 1. The molecular weight excluding hydrogens is 280 g/mol. The summed E-state index contributed by atoms with van der Waals surface area (Å²) in [6.45, 7) is 3.84. The highest BCUT2D eigenvalue weighted by molar-refractivity contribution is 7.18. The van der Waals surface area contributed by atoms with Gasteiger partial charge in [0.05, 0.1) is 11.6 Å². The molecule has 1 aromatic rings. The van der Waals surface area contributed by atoms with Crippen molar-refractivity contribution in [2.75, 3.05) is 11.9 Å². The number of hydrogen-bond donors (Lipinski definition) is 2. The third-order valence-corrected chi connectivity index (χ3v) is 4.07. The summed E-state index contributed by atoms with van der Waals surface area (Å²) in [5.41, 5.74) is 0.763. The van der Waals surface area contributed by atoms with Gasteiger partial charge in [0.25, 0.3) is 0 Å². The van der Waals surface area contributed by atoms with Crippen LogP contribution in [0.4, 0.5) is 5.00 Å². The van der Waals surface area contributed by atoms with Gasteiger partial charge in [-0.15, -0.1) is 11.3 Å². The van der Waals surface area contributed by atoms with Gasteiger partial charge < -0.3 is 15.4 Å². The molecule has 2 rings (SSSR count). The van der Waals surface area contributed by atoms with Gasteiger partial charge in [0.2, 0.25) is 11.8 Å². The minimum Gasteiger partial charge on any atom is -0.462 e. The summed E-state index contributed by atoms with van der Waals surface area (Å²) in [4.78, 5) is 35.2. The molecule has 1 fully saturated rings. The molecule has 2 N–H and O–H groups in total. The first-order valence-corrected chi connectivity index (χ1v) is 7.20. The van der Waals surface area contributed by atoms with Gasteiger partial charge in [-0.05, 0) is 31.9 Å². The maximum atomic E-state index is 11.9. The lowest BCUT2D eigenvalue weighted by molar-refractivity contribution is -0.122. The molecule has 0 bridgehead atoms. The van der Waals surface area contributed by atoms with Crippen LogP contribution in [0.25, 0.3) is 0 Å². The number of carbonyl (C=O) groups excluding carboxylic acids is 3. The predicted octanol–water partition coefficient (Wildman–Crippen LogP) is 1.45. The molecule has 0 saturated carbocycles. The van der Waals surface area contributed by atoms with E-state index in [1.807, 2.05) is 0 Å². The lowest BCUT2D eigenvalue weighted by atomic mass is 10.2. The third kappa shape index (κ3) is 3.16. The monoisotopic (exact) mass is 296 g/mol. The Morgan fingerprint density at radius 1 is 1.55 bits per heavy atom. The van der Waals surface area contributed by atoms with Gasteiger partial charge in [-0.3, -0.25) is 9.59 Å². The summed E-state index contributed by atoms with van der Waals surface area (Å²) in [6.07, 6.45) is 0.870. The van der Waals surface area contributed by atoms with Crippen LogP contribution >= 0.6 is 11.3 Å². The summed E-state index contributed by atoms with van der Waals surface area (Å²) in [5.74, 6) is -0.753. The highest BCUT2D eigenvalue weighted by atomic mass is 32.1. The number of anilines is 1. The van der Waals surface area contributed by atoms with E-state index in [0.29, 0.717) is 29.3 Å². The second-order valence-electron chi connectivity index (χ2n) is 4.49. The van der Waals surface area contributed by atoms with Gasteiger partial charge in [-0.25, -0.2) is 4.79 Å². The van der Waals surface area contributed by atoms with Crippen LogP contribution in [0.2, 0.25) is 0 Å². The second kappa shape index (κ2) is 6.04. The molecule has 2 amide bonds. The molecule has 1 aromatic heterocycles. The average molecular weight is 296 g/mol. The Bertz CT molecular complexity index is 553. The van der Waals surface area contributed by atoms with Crippen LogP contribution in [0.3, 0.4) is 0 Å². The predicted molar refractivity (Wildman–Crippen MR) is 74.8 cm³/mol. The van der Waals surface area contributed by atoms with Gasteiger partial charge in [0.1, 0.15) is 10.9 Å². The standard InChI is InChI=1S/C13H16N2O4S/c1-3-19-13(18)11-7(2)6-10(20-11)15-12(17)8-4-5-9(16)14-8/h6,8H,3-5H2,1-2H3,(H,14,16)(H,15,17)/t8-/m0/s1. The van der Waals surface area contributed by atoms with E-state index < -0.39 is 6.04 Å². The van der Waals surface area contributed by atoms with Gasteiger partial charge in [0, 0.05) is 6.42 Å². The molecule has 0 spiro atoms. The van der Waals surface area contributed by atoms with Gasteiger partial charge >= 0.3 is 5.97 Å². The van der Waals surface area contributed by atoms with Crippen molar-refractivity contribution >= 4 is 34.1 Å². The van der Waals surface area contributed by atoms with Crippen molar-refractivity contribution in [1.82, 2.24) is 5.32 Å². The van der Waals surface area contributed by atoms with Gasteiger partial charge in [-0.2, -0.15) is 0 Å². The van der Waals surface area contributed by atoms with E-state index in [4.69, 9.17) is 4.74 Å². The Hall–Kier alpha value is -1.89. The highest BCUT2D eigenvalue weighted by Gasteiger charge is 2.27. The van der Waals surface area contributed by atoms with Crippen LogP contribution in [0.5, 0.6) is 0 Å². The lowest BCUT2D eigenvalue weighted by Crippen LogP contribution is -2.37. The molecule has 2 heterocycles. The lowest BCUT2D eigenvalue weighted by Gasteiger charge is -2.08. The molecule has 0 aromatic carbocycles. The first-order valence-electron chi connectivity index (χ1n) is 6.39. The van der Waals surface area contributed by atoms with Crippen molar-refractivity contribution in [2.24, 2.45) is 0 Å². The van der Waals surface area contributed by atoms with E-state index in [9.17, 15) is 14.4 Å². The van der Waals surface area contributed by atoms with E-state index in [0.717, 1.165) is 5.56 Å². The van der Waals surface area contributed by atoms with E-state index >= 15 is 0 Å². The number of thiophene rings is 1. The molecule has 0 aliphatic carbocycles. The Morgan fingerprint density at radius 2 is 2.30 bits per heavy atom. The number of amides is 2. The number of hydrogen-bond acceptors (Lipinski definition) is 5. The van der Waals surface area contributed by atoms with E-state index in [-0.39, 0.29) is 17.8 Å². The molecule has 1 aliphatic rings. The van der Waals surface area contributed by atoms with E-state index in [1.165, 1.54) is 11.3 Å². The summed E-state index contributed by atoms with van der Waals surface area (Å²) in [6, 6.07) is 1.24. The smallest absolute Gasteiger partial charge is 0.348 e. The third-order valence-electron chi connectivity index (χ3n) is 2.94. The van der Waals surface area contributed by atoms with Crippen molar-refractivity contribution < 1.29 is 19.1 Å². The van der Waals surface area contributed by atoms with Crippen LogP contribution in [0.1, 0.15) is 35.0 Å². The fourth-order valence-electron chi connectivity index (χ4n) is 1.96. The Morgan fingerprint density at radius 3 is 2.90 bits per heavy atom. The zero-order valence-corrected chi connectivity index (χ0v) is 12.1. The van der Waals surface area contributed by atoms with Gasteiger partial charge in [-0.1, -0.05) is 0 Å². The van der Waals surface area contributed by atoms with Gasteiger partial charge in [0.15, 0.2) is 0 Å². The first kappa shape index (κ1) is 14.5. The summed E-state index contributed by atoms with van der Waals surface area (Å²) in [5, 5.41) is 5.90. The second-order valence-corrected chi connectivity index (χ2v) is 5.54. The molecular formula is C13H16N2O4S. The maximum Gasteiger partial charge on any atom is 0.348 e. The molecule has 7 heteroatoms. The molecule has 6 nitrogen and oxygen atoms in total. The summed E-state index contributed by atoms with van der Waals surface area (Å²) < 4.78 is 4.94. The van der Waals surface area contributed by atoms with Crippen molar-refractivity contribution in [3.05, 3.63) is 16.5 Å². The number of aryl methyl sites for hydroxylation is 1. The maximum absolute atomic E-state index is 11.9. The largest absolute Gasteiger partial charge is 0.462 e. The number of ether oxygens (including phenoxy) is 1. The molecule has 1 aliphatic heterocycles. The molecule has 20 heavy (non-hydrogen) atoms. The Kier molecular flexibility index (Phi) is 4.39. The molecule has 1 atom stereocenters. The van der Waals surface area contributed by atoms with Crippen molar-refractivity contribution in [3.8, 4) is 0 Å². The van der Waals surface area contributed by atoms with Crippen molar-refractivity contribution in [1.29, 1.82) is 0 Å². The SMILES string of the molecule is CCOC(=O)c1sc(NC(=O)[C@@H]2CCC(=O)N2)cc1C. The zero-order valence-electron chi connectivity index (χ0n) is 11.3. The zero-order chi connectivity index (χ0) is 14.7.